The highest BCUT2D eigenvalue weighted by Crippen LogP contribution is 2.66. The number of rotatable bonds is 5. The maximum absolute atomic E-state index is 13.3. The second-order valence-electron chi connectivity index (χ2n) is 9.49. The summed E-state index contributed by atoms with van der Waals surface area (Å²) in [6.07, 6.45) is -10.5. The molecule has 1 aliphatic heterocycles. The van der Waals surface area contributed by atoms with E-state index in [1.165, 1.54) is 0 Å². The molecule has 1 unspecified atom stereocenters. The van der Waals surface area contributed by atoms with E-state index in [-0.39, 0.29) is 37.2 Å². The highest BCUT2D eigenvalue weighted by molar-refractivity contribution is 7.94. The molecule has 1 atom stereocenters. The Morgan fingerprint density at radius 3 is 2.11 bits per heavy atom. The maximum atomic E-state index is 13.3. The third kappa shape index (κ3) is 4.98. The number of nitrogens with one attached hydrogen (secondary N) is 2. The summed E-state index contributed by atoms with van der Waals surface area (Å²) in [6.45, 7) is 0. The van der Waals surface area contributed by atoms with Crippen LogP contribution in [0, 0.1) is 11.3 Å². The van der Waals surface area contributed by atoms with Crippen LogP contribution in [0.1, 0.15) is 48.0 Å². The van der Waals surface area contributed by atoms with Crippen LogP contribution in [0.15, 0.2) is 18.2 Å². The predicted molar refractivity (Wildman–Crippen MR) is 113 cm³/mol. The van der Waals surface area contributed by atoms with E-state index in [0.717, 1.165) is 6.07 Å². The summed E-state index contributed by atoms with van der Waals surface area (Å²) in [5, 5.41) is 1.22. The van der Waals surface area contributed by atoms with Crippen LogP contribution in [0.4, 0.5) is 32.0 Å². The molecule has 15 heteroatoms. The van der Waals surface area contributed by atoms with Gasteiger partial charge in [0.1, 0.15) is 9.84 Å². The van der Waals surface area contributed by atoms with Gasteiger partial charge in [0.25, 0.3) is 5.91 Å². The third-order valence-electron chi connectivity index (χ3n) is 7.19. The molecular formula is C20H22F6N2O5S2. The lowest BCUT2D eigenvalue weighted by molar-refractivity contribution is -0.244. The van der Waals surface area contributed by atoms with Crippen LogP contribution >= 0.6 is 0 Å². The van der Waals surface area contributed by atoms with Crippen LogP contribution in [0.2, 0.25) is 0 Å². The Balaban J connectivity index is 1.58. The highest BCUT2D eigenvalue weighted by atomic mass is 32.2. The molecule has 3 saturated carbocycles. The number of halogens is 6. The van der Waals surface area contributed by atoms with Crippen molar-refractivity contribution in [1.82, 2.24) is 5.32 Å². The first kappa shape index (κ1) is 26.0. The second-order valence-corrected chi connectivity index (χ2v) is 13.8. The molecule has 1 heterocycles. The number of carbonyl (C=O) groups excluding carboxylic acids is 1. The quantitative estimate of drug-likeness (QED) is 0.548. The van der Waals surface area contributed by atoms with E-state index in [4.69, 9.17) is 0 Å². The molecule has 0 spiro atoms. The predicted octanol–water partition coefficient (Wildman–Crippen LogP) is 3.49. The molecule has 4 aliphatic rings. The smallest absolute Gasteiger partial charge is 0.349 e. The summed E-state index contributed by atoms with van der Waals surface area (Å²) in [5.41, 5.74) is -4.32. The zero-order valence-electron chi connectivity index (χ0n) is 18.0. The topological polar surface area (TPSA) is 109 Å². The van der Waals surface area contributed by atoms with E-state index in [1.807, 2.05) is 0 Å². The van der Waals surface area contributed by atoms with Crippen molar-refractivity contribution in [2.45, 2.75) is 55.7 Å². The Labute approximate surface area is 197 Å². The van der Waals surface area contributed by atoms with Crippen molar-refractivity contribution in [2.75, 3.05) is 16.2 Å². The Morgan fingerprint density at radius 2 is 1.60 bits per heavy atom. The molecule has 1 saturated heterocycles. The Morgan fingerprint density at radius 1 is 1.00 bits per heavy atom. The van der Waals surface area contributed by atoms with Crippen molar-refractivity contribution in [2.24, 2.45) is 11.3 Å². The maximum Gasteiger partial charge on any atom is 0.416 e. The minimum absolute atomic E-state index is 0.186. The number of hydrogen-bond acceptors (Lipinski definition) is 5. The van der Waals surface area contributed by atoms with E-state index < -0.39 is 84.0 Å². The van der Waals surface area contributed by atoms with Crippen LogP contribution in [0.25, 0.3) is 0 Å². The van der Waals surface area contributed by atoms with Gasteiger partial charge in [-0.2, -0.15) is 26.3 Å². The first-order valence-electron chi connectivity index (χ1n) is 10.7. The molecule has 1 aromatic rings. The molecule has 1 aromatic carbocycles. The lowest BCUT2D eigenvalue weighted by atomic mass is 9.69. The third-order valence-corrected chi connectivity index (χ3v) is 10.8. The number of benzene rings is 1. The van der Waals surface area contributed by atoms with Gasteiger partial charge in [-0.3, -0.25) is 9.52 Å². The Kier molecular flexibility index (Phi) is 6.14. The van der Waals surface area contributed by atoms with E-state index in [2.05, 4.69) is 10.0 Å². The number of carbonyl (C=O) groups is 1. The van der Waals surface area contributed by atoms with Gasteiger partial charge in [0, 0.05) is 6.04 Å². The zero-order valence-corrected chi connectivity index (χ0v) is 19.7. The summed E-state index contributed by atoms with van der Waals surface area (Å²) >= 11 is 0. The van der Waals surface area contributed by atoms with Gasteiger partial charge in [0.15, 0.2) is 0 Å². The molecule has 5 rings (SSSR count). The minimum Gasteiger partial charge on any atom is -0.349 e. The van der Waals surface area contributed by atoms with Gasteiger partial charge in [0.05, 0.1) is 39.0 Å². The molecule has 7 nitrogen and oxygen atoms in total. The summed E-state index contributed by atoms with van der Waals surface area (Å²) < 4.78 is 131. The highest BCUT2D eigenvalue weighted by Gasteiger charge is 2.69. The molecule has 4 fully saturated rings. The molecule has 2 N–H and O–H groups in total. The van der Waals surface area contributed by atoms with Gasteiger partial charge in [-0.05, 0) is 56.2 Å². The first-order valence-corrected chi connectivity index (χ1v) is 14.1. The summed E-state index contributed by atoms with van der Waals surface area (Å²) in [7, 11) is -7.66. The van der Waals surface area contributed by atoms with Crippen LogP contribution in [0.3, 0.4) is 0 Å². The van der Waals surface area contributed by atoms with Crippen LogP contribution in [0.5, 0.6) is 0 Å². The fourth-order valence-corrected chi connectivity index (χ4v) is 8.46. The van der Waals surface area contributed by atoms with Crippen LogP contribution < -0.4 is 10.0 Å². The van der Waals surface area contributed by atoms with Gasteiger partial charge < -0.3 is 5.32 Å². The van der Waals surface area contributed by atoms with E-state index in [9.17, 15) is 48.0 Å². The molecule has 2 bridgehead atoms. The molecule has 35 heavy (non-hydrogen) atoms. The molecule has 196 valence electrons. The van der Waals surface area contributed by atoms with E-state index in [1.54, 1.807) is 0 Å². The molecule has 0 radical (unpaired) electrons. The van der Waals surface area contributed by atoms with Gasteiger partial charge >= 0.3 is 12.4 Å². The van der Waals surface area contributed by atoms with Crippen LogP contribution in [-0.4, -0.2) is 51.7 Å². The number of sulfone groups is 1. The number of sulfonamides is 1. The van der Waals surface area contributed by atoms with Gasteiger partial charge in [0.2, 0.25) is 10.0 Å². The number of amides is 1. The first-order chi connectivity index (χ1) is 15.9. The number of fused-ring (bicyclic) bond motifs is 1. The van der Waals surface area contributed by atoms with Crippen molar-refractivity contribution < 1.29 is 48.0 Å². The van der Waals surface area contributed by atoms with Gasteiger partial charge in [-0.15, -0.1) is 0 Å². The standard InChI is InChI=1S/C20H22F6N2O5S2/c21-19(22,23)12-1-2-15(28-35(32,33)13-3-5-34(30,31)6-4-13)14(7-12)17(29)27-16-10-18(20(24,25)26)8-11(16)9-18/h1-2,7,11,13,16,28H,3-6,8-10H2,(H,27,29). The van der Waals surface area contributed by atoms with Crippen molar-refractivity contribution in [1.29, 1.82) is 0 Å². The van der Waals surface area contributed by atoms with E-state index in [0.29, 0.717) is 12.1 Å². The lowest BCUT2D eigenvalue weighted by Crippen LogP contribution is -2.42. The number of hydrogen-bond donors (Lipinski definition) is 2. The van der Waals surface area contributed by atoms with Crippen molar-refractivity contribution in [3.63, 3.8) is 0 Å². The van der Waals surface area contributed by atoms with Crippen molar-refractivity contribution in [3.8, 4) is 0 Å². The normalized spacial score (nSPS) is 28.9. The average molecular weight is 549 g/mol. The lowest BCUT2D eigenvalue weighted by Gasteiger charge is -2.39. The fraction of sp³-hybridized carbons (Fsp3) is 0.650. The summed E-state index contributed by atoms with van der Waals surface area (Å²) in [4.78, 5) is 12.9. The summed E-state index contributed by atoms with van der Waals surface area (Å²) in [6, 6.07) is 0.870. The molecule has 0 aromatic heterocycles. The minimum atomic E-state index is -4.86. The Bertz CT molecular complexity index is 1220. The van der Waals surface area contributed by atoms with Crippen molar-refractivity contribution >= 4 is 31.5 Å². The van der Waals surface area contributed by atoms with E-state index >= 15 is 0 Å². The average Bonchev–Trinajstić information content (AvgIpc) is 3.22. The second kappa shape index (κ2) is 8.25. The van der Waals surface area contributed by atoms with Crippen molar-refractivity contribution in [3.05, 3.63) is 29.3 Å². The zero-order chi connectivity index (χ0) is 26.0. The largest absolute Gasteiger partial charge is 0.416 e. The summed E-state index contributed by atoms with van der Waals surface area (Å²) in [5.74, 6) is -2.35. The number of alkyl halides is 6. The molecular weight excluding hydrogens is 526 g/mol. The van der Waals surface area contributed by atoms with Gasteiger partial charge in [-0.25, -0.2) is 16.8 Å². The number of anilines is 1. The molecule has 1 amide bonds. The van der Waals surface area contributed by atoms with Crippen LogP contribution in [-0.2, 0) is 26.0 Å². The van der Waals surface area contributed by atoms with Gasteiger partial charge in [-0.1, -0.05) is 0 Å². The SMILES string of the molecule is O=C(NC1CC2(C(F)(F)F)CC1C2)c1cc(C(F)(F)F)ccc1NS(=O)(=O)C1CCS(=O)(=O)CC1. The Hall–Kier alpha value is -2.03. The fourth-order valence-electron chi connectivity index (χ4n) is 5.16. The monoisotopic (exact) mass is 548 g/mol. The molecule has 3 aliphatic carbocycles.